The number of carboxylic acid groups (broad SMARTS) is 1. The first kappa shape index (κ1) is 23.9. The molecule has 1 atom stereocenters. The Morgan fingerprint density at radius 1 is 0.840 bits per heavy atom. The van der Waals surface area contributed by atoms with Crippen molar-refractivity contribution in [3.63, 3.8) is 0 Å². The van der Waals surface area contributed by atoms with Crippen molar-refractivity contribution < 1.29 is 19.4 Å². The molecule has 0 amide bonds. The largest absolute Gasteiger partial charge is 0.480 e. The van der Waals surface area contributed by atoms with Crippen molar-refractivity contribution in [3.8, 4) is 0 Å². The van der Waals surface area contributed by atoms with E-state index in [1.807, 2.05) is 20.8 Å². The number of aliphatic carboxylic acids is 1. The zero-order valence-electron chi connectivity index (χ0n) is 16.9. The zero-order chi connectivity index (χ0) is 19.1. The van der Waals surface area contributed by atoms with Gasteiger partial charge in [-0.05, 0) is 32.6 Å². The number of esters is 1. The first-order valence-corrected chi connectivity index (χ1v) is 10.4. The fraction of sp³-hybridized carbons (Fsp3) is 0.905. The molecule has 0 aliphatic rings. The van der Waals surface area contributed by atoms with Crippen molar-refractivity contribution in [1.82, 2.24) is 0 Å². The number of ether oxygens (including phenoxy) is 1. The average molecular weight is 357 g/mol. The van der Waals surface area contributed by atoms with Gasteiger partial charge in [0.25, 0.3) is 0 Å². The monoisotopic (exact) mass is 356 g/mol. The Kier molecular flexibility index (Phi) is 13.5. The van der Waals surface area contributed by atoms with Gasteiger partial charge >= 0.3 is 11.9 Å². The molecule has 0 spiro atoms. The number of hydrogen-bond donors (Lipinski definition) is 1. The predicted octanol–water partition coefficient (Wildman–Crippen LogP) is 6.12. The van der Waals surface area contributed by atoms with Crippen LogP contribution in [0, 0.1) is 5.41 Å². The van der Waals surface area contributed by atoms with E-state index in [0.29, 0.717) is 12.8 Å². The Morgan fingerprint density at radius 2 is 1.32 bits per heavy atom. The van der Waals surface area contributed by atoms with E-state index in [1.54, 1.807) is 0 Å². The van der Waals surface area contributed by atoms with Gasteiger partial charge in [-0.25, -0.2) is 0 Å². The van der Waals surface area contributed by atoms with E-state index < -0.39 is 17.4 Å². The molecule has 25 heavy (non-hydrogen) atoms. The minimum absolute atomic E-state index is 0.208. The molecule has 1 unspecified atom stereocenters. The van der Waals surface area contributed by atoms with Crippen LogP contribution in [0.15, 0.2) is 0 Å². The third-order valence-corrected chi connectivity index (χ3v) is 4.99. The third kappa shape index (κ3) is 9.27. The Morgan fingerprint density at radius 3 is 1.80 bits per heavy atom. The molecule has 0 aromatic carbocycles. The topological polar surface area (TPSA) is 63.6 Å². The Hall–Kier alpha value is -1.06. The molecule has 0 saturated heterocycles. The van der Waals surface area contributed by atoms with Gasteiger partial charge in [-0.15, -0.1) is 0 Å². The van der Waals surface area contributed by atoms with Gasteiger partial charge in [-0.3, -0.25) is 9.59 Å². The van der Waals surface area contributed by atoms with E-state index in [4.69, 9.17) is 4.74 Å². The maximum Gasteiger partial charge on any atom is 0.323 e. The molecule has 0 aromatic rings. The summed E-state index contributed by atoms with van der Waals surface area (Å²) < 4.78 is 5.58. The summed E-state index contributed by atoms with van der Waals surface area (Å²) in [6, 6.07) is 0. The standard InChI is InChI=1S/C21H40O4/c1-5-8-11-12-13-14-15-18(4)25-20(24)21(19(22)23,16-9-6-2)17-10-7-3/h18H,5-17H2,1-4H3,(H,22,23). The molecule has 4 heteroatoms. The molecule has 0 aliphatic carbocycles. The SMILES string of the molecule is CCCCCCCCC(C)OC(=O)C(CCCC)(CCCC)C(=O)O. The van der Waals surface area contributed by atoms with E-state index in [0.717, 1.165) is 44.9 Å². The quantitative estimate of drug-likeness (QED) is 0.205. The number of carbonyl (C=O) groups is 2. The van der Waals surface area contributed by atoms with Crippen molar-refractivity contribution in [2.24, 2.45) is 5.41 Å². The summed E-state index contributed by atoms with van der Waals surface area (Å²) in [5, 5.41) is 9.76. The summed E-state index contributed by atoms with van der Waals surface area (Å²) >= 11 is 0. The lowest BCUT2D eigenvalue weighted by atomic mass is 9.78. The van der Waals surface area contributed by atoms with E-state index in [2.05, 4.69) is 6.92 Å². The predicted molar refractivity (Wildman–Crippen MR) is 103 cm³/mol. The van der Waals surface area contributed by atoms with Crippen LogP contribution in [0.1, 0.15) is 111 Å². The van der Waals surface area contributed by atoms with Gasteiger partial charge in [0.05, 0.1) is 6.10 Å². The molecule has 0 radical (unpaired) electrons. The van der Waals surface area contributed by atoms with E-state index >= 15 is 0 Å². The van der Waals surface area contributed by atoms with Crippen molar-refractivity contribution in [2.45, 2.75) is 117 Å². The second-order valence-electron chi connectivity index (χ2n) is 7.37. The van der Waals surface area contributed by atoms with Crippen LogP contribution < -0.4 is 0 Å². The third-order valence-electron chi connectivity index (χ3n) is 4.99. The molecule has 0 fully saturated rings. The van der Waals surface area contributed by atoms with Crippen molar-refractivity contribution in [3.05, 3.63) is 0 Å². The van der Waals surface area contributed by atoms with Crippen LogP contribution in [-0.2, 0) is 14.3 Å². The van der Waals surface area contributed by atoms with Gasteiger partial charge in [-0.2, -0.15) is 0 Å². The van der Waals surface area contributed by atoms with Crippen LogP contribution in [0.2, 0.25) is 0 Å². The second-order valence-corrected chi connectivity index (χ2v) is 7.37. The van der Waals surface area contributed by atoms with Gasteiger partial charge in [0.1, 0.15) is 0 Å². The molecular formula is C21H40O4. The number of rotatable bonds is 16. The molecule has 0 aliphatic heterocycles. The van der Waals surface area contributed by atoms with Crippen LogP contribution in [-0.4, -0.2) is 23.1 Å². The highest BCUT2D eigenvalue weighted by atomic mass is 16.5. The lowest BCUT2D eigenvalue weighted by molar-refractivity contribution is -0.173. The summed E-state index contributed by atoms with van der Waals surface area (Å²) in [5.74, 6) is -1.55. The highest BCUT2D eigenvalue weighted by Gasteiger charge is 2.46. The van der Waals surface area contributed by atoms with Crippen LogP contribution in [0.5, 0.6) is 0 Å². The van der Waals surface area contributed by atoms with Crippen molar-refractivity contribution in [1.29, 1.82) is 0 Å². The van der Waals surface area contributed by atoms with Gasteiger partial charge in [0, 0.05) is 0 Å². The fourth-order valence-electron chi connectivity index (χ4n) is 3.15. The summed E-state index contributed by atoms with van der Waals surface area (Å²) in [7, 11) is 0. The maximum atomic E-state index is 12.7. The van der Waals surface area contributed by atoms with Gasteiger partial charge in [0.2, 0.25) is 0 Å². The highest BCUT2D eigenvalue weighted by molar-refractivity contribution is 5.99. The van der Waals surface area contributed by atoms with Crippen molar-refractivity contribution >= 4 is 11.9 Å². The summed E-state index contributed by atoms with van der Waals surface area (Å²) in [6.07, 6.45) is 11.8. The lowest BCUT2D eigenvalue weighted by Crippen LogP contribution is -2.42. The van der Waals surface area contributed by atoms with Gasteiger partial charge < -0.3 is 9.84 Å². The lowest BCUT2D eigenvalue weighted by Gasteiger charge is -2.29. The molecule has 0 saturated carbocycles. The normalized spacial score (nSPS) is 12.8. The molecule has 0 aromatic heterocycles. The first-order valence-electron chi connectivity index (χ1n) is 10.4. The molecule has 0 heterocycles. The van der Waals surface area contributed by atoms with Gasteiger partial charge in [-0.1, -0.05) is 78.6 Å². The minimum Gasteiger partial charge on any atom is -0.480 e. The van der Waals surface area contributed by atoms with Gasteiger partial charge in [0.15, 0.2) is 5.41 Å². The van der Waals surface area contributed by atoms with Crippen LogP contribution in [0.3, 0.4) is 0 Å². The molecule has 0 bridgehead atoms. The second kappa shape index (κ2) is 14.1. The highest BCUT2D eigenvalue weighted by Crippen LogP contribution is 2.34. The smallest absolute Gasteiger partial charge is 0.323 e. The summed E-state index contributed by atoms with van der Waals surface area (Å²) in [5.41, 5.74) is -1.36. The van der Waals surface area contributed by atoms with Crippen LogP contribution >= 0.6 is 0 Å². The minimum atomic E-state index is -1.36. The molecule has 0 rings (SSSR count). The summed E-state index contributed by atoms with van der Waals surface area (Å²) in [4.78, 5) is 24.6. The van der Waals surface area contributed by atoms with E-state index in [9.17, 15) is 14.7 Å². The molecule has 148 valence electrons. The van der Waals surface area contributed by atoms with Crippen LogP contribution in [0.25, 0.3) is 0 Å². The van der Waals surface area contributed by atoms with E-state index in [1.165, 1.54) is 25.7 Å². The summed E-state index contributed by atoms with van der Waals surface area (Å²) in [6.45, 7) is 8.11. The zero-order valence-corrected chi connectivity index (χ0v) is 16.9. The fourth-order valence-corrected chi connectivity index (χ4v) is 3.15. The first-order chi connectivity index (χ1) is 11.9. The molecule has 1 N–H and O–H groups in total. The Bertz CT molecular complexity index is 357. The Labute approximate surface area is 154 Å². The Balaban J connectivity index is 4.59. The van der Waals surface area contributed by atoms with E-state index in [-0.39, 0.29) is 6.10 Å². The number of carboxylic acids is 1. The molecule has 4 nitrogen and oxygen atoms in total. The number of hydrogen-bond acceptors (Lipinski definition) is 3. The van der Waals surface area contributed by atoms with Crippen molar-refractivity contribution in [2.75, 3.05) is 0 Å². The van der Waals surface area contributed by atoms with Crippen LogP contribution in [0.4, 0.5) is 0 Å². The number of unbranched alkanes of at least 4 members (excludes halogenated alkanes) is 7. The maximum absolute atomic E-state index is 12.7. The molecular weight excluding hydrogens is 316 g/mol. The average Bonchev–Trinajstić information content (AvgIpc) is 2.58. The number of carbonyl (C=O) groups excluding carboxylic acids is 1.